The molecule has 1 heterocycles. The molecular weight excluding hydrogens is 176 g/mol. The molecule has 74 valence electrons. The molecule has 0 spiro atoms. The number of carbonyl (C=O) groups excluding carboxylic acids is 2. The zero-order valence-corrected chi connectivity index (χ0v) is 7.61. The van der Waals surface area contributed by atoms with Crippen molar-refractivity contribution in [2.75, 3.05) is 13.2 Å². The Morgan fingerprint density at radius 1 is 1.54 bits per heavy atom. The Hall–Kier alpha value is -0.940. The van der Waals surface area contributed by atoms with Gasteiger partial charge in [-0.05, 0) is 13.8 Å². The van der Waals surface area contributed by atoms with Crippen LogP contribution in [-0.4, -0.2) is 37.4 Å². The number of esters is 1. The quantitative estimate of drug-likeness (QED) is 0.578. The topological polar surface area (TPSA) is 61.8 Å². The predicted octanol–water partition coefficient (Wildman–Crippen LogP) is -0.120. The molecule has 5 nitrogen and oxygen atoms in total. The van der Waals surface area contributed by atoms with E-state index in [1.165, 1.54) is 6.92 Å². The molecule has 0 saturated carbocycles. The molecule has 0 aromatic heterocycles. The molecule has 0 amide bonds. The average molecular weight is 188 g/mol. The maximum absolute atomic E-state index is 11.0. The summed E-state index contributed by atoms with van der Waals surface area (Å²) in [6, 6.07) is 0. The fourth-order valence-corrected chi connectivity index (χ4v) is 0.950. The van der Waals surface area contributed by atoms with Crippen LogP contribution in [0.5, 0.6) is 0 Å². The second-order valence-electron chi connectivity index (χ2n) is 2.65. The Labute approximate surface area is 76.0 Å². The third kappa shape index (κ3) is 2.50. The molecule has 0 aromatic rings. The molecule has 1 saturated heterocycles. The van der Waals surface area contributed by atoms with Crippen molar-refractivity contribution in [2.45, 2.75) is 26.2 Å². The van der Waals surface area contributed by atoms with Gasteiger partial charge in [0.1, 0.15) is 6.10 Å². The third-order valence-corrected chi connectivity index (χ3v) is 1.62. The average Bonchev–Trinajstić information content (AvgIpc) is 2.52. The Morgan fingerprint density at radius 2 is 2.23 bits per heavy atom. The summed E-state index contributed by atoms with van der Waals surface area (Å²) in [5.74, 6) is -0.724. The van der Waals surface area contributed by atoms with Crippen molar-refractivity contribution in [1.82, 2.24) is 0 Å². The fourth-order valence-electron chi connectivity index (χ4n) is 0.950. The van der Waals surface area contributed by atoms with Crippen LogP contribution in [0.1, 0.15) is 13.8 Å². The molecule has 0 radical (unpaired) electrons. The van der Waals surface area contributed by atoms with Crippen molar-refractivity contribution in [1.29, 1.82) is 0 Å². The van der Waals surface area contributed by atoms with E-state index in [2.05, 4.69) is 4.74 Å². The van der Waals surface area contributed by atoms with E-state index in [4.69, 9.17) is 9.47 Å². The van der Waals surface area contributed by atoms with Gasteiger partial charge < -0.3 is 14.2 Å². The summed E-state index contributed by atoms with van der Waals surface area (Å²) in [5.41, 5.74) is 0. The minimum absolute atomic E-state index is 0.124. The Morgan fingerprint density at radius 3 is 2.69 bits per heavy atom. The van der Waals surface area contributed by atoms with Gasteiger partial charge in [-0.25, -0.2) is 4.79 Å². The Kier molecular flexibility index (Phi) is 3.39. The molecule has 2 atom stereocenters. The van der Waals surface area contributed by atoms with Crippen LogP contribution in [0, 0.1) is 0 Å². The van der Waals surface area contributed by atoms with E-state index >= 15 is 0 Å². The van der Waals surface area contributed by atoms with E-state index in [0.717, 1.165) is 0 Å². The fraction of sp³-hybridized carbons (Fsp3) is 0.750. The summed E-state index contributed by atoms with van der Waals surface area (Å²) in [6.07, 6.45) is -1.66. The van der Waals surface area contributed by atoms with Crippen LogP contribution in [0.4, 0.5) is 0 Å². The van der Waals surface area contributed by atoms with Gasteiger partial charge in [-0.15, -0.1) is 0 Å². The van der Waals surface area contributed by atoms with Crippen LogP contribution >= 0.6 is 0 Å². The molecule has 0 bridgehead atoms. The first-order valence-electron chi connectivity index (χ1n) is 4.09. The van der Waals surface area contributed by atoms with E-state index < -0.39 is 18.4 Å². The lowest BCUT2D eigenvalue weighted by molar-refractivity contribution is -0.174. The molecule has 1 rings (SSSR count). The van der Waals surface area contributed by atoms with Crippen LogP contribution < -0.4 is 0 Å². The van der Waals surface area contributed by atoms with Gasteiger partial charge in [-0.3, -0.25) is 4.79 Å². The van der Waals surface area contributed by atoms with E-state index in [1.807, 2.05) is 0 Å². The molecule has 5 heteroatoms. The van der Waals surface area contributed by atoms with Crippen LogP contribution in [0.15, 0.2) is 0 Å². The SMILES string of the molecule is CCOC(=O)[C@@H]1OC[C@@H](C(C)=O)O1. The minimum Gasteiger partial charge on any atom is -0.462 e. The monoisotopic (exact) mass is 188 g/mol. The molecule has 0 N–H and O–H groups in total. The first kappa shape index (κ1) is 10.1. The van der Waals surface area contributed by atoms with Crippen molar-refractivity contribution in [3.05, 3.63) is 0 Å². The molecule has 1 fully saturated rings. The number of ether oxygens (including phenoxy) is 3. The van der Waals surface area contributed by atoms with Gasteiger partial charge in [0, 0.05) is 0 Å². The first-order valence-corrected chi connectivity index (χ1v) is 4.09. The maximum Gasteiger partial charge on any atom is 0.363 e. The van der Waals surface area contributed by atoms with Crippen molar-refractivity contribution in [2.24, 2.45) is 0 Å². The molecule has 13 heavy (non-hydrogen) atoms. The lowest BCUT2D eigenvalue weighted by Crippen LogP contribution is -2.26. The third-order valence-electron chi connectivity index (χ3n) is 1.62. The van der Waals surface area contributed by atoms with Crippen LogP contribution in [0.3, 0.4) is 0 Å². The van der Waals surface area contributed by atoms with Crippen molar-refractivity contribution in [3.8, 4) is 0 Å². The van der Waals surface area contributed by atoms with Crippen LogP contribution in [0.25, 0.3) is 0 Å². The van der Waals surface area contributed by atoms with E-state index in [1.54, 1.807) is 6.92 Å². The summed E-state index contributed by atoms with van der Waals surface area (Å²) >= 11 is 0. The largest absolute Gasteiger partial charge is 0.462 e. The van der Waals surface area contributed by atoms with E-state index in [9.17, 15) is 9.59 Å². The molecule has 0 aromatic carbocycles. The summed E-state index contributed by atoms with van der Waals surface area (Å²) < 4.78 is 14.6. The van der Waals surface area contributed by atoms with Gasteiger partial charge >= 0.3 is 5.97 Å². The zero-order chi connectivity index (χ0) is 9.84. The number of ketones is 1. The zero-order valence-electron chi connectivity index (χ0n) is 7.61. The van der Waals surface area contributed by atoms with E-state index in [0.29, 0.717) is 0 Å². The second-order valence-corrected chi connectivity index (χ2v) is 2.65. The van der Waals surface area contributed by atoms with Crippen LogP contribution in [-0.2, 0) is 23.8 Å². The standard InChI is InChI=1S/C8H12O5/c1-3-11-7(10)8-12-4-6(13-8)5(2)9/h6,8H,3-4H2,1-2H3/t6-,8+/m0/s1. The second kappa shape index (κ2) is 4.34. The first-order chi connectivity index (χ1) is 6.15. The summed E-state index contributed by atoms with van der Waals surface area (Å²) in [5, 5.41) is 0. The van der Waals surface area contributed by atoms with Gasteiger partial charge in [0.2, 0.25) is 0 Å². The highest BCUT2D eigenvalue weighted by molar-refractivity contribution is 5.82. The highest BCUT2D eigenvalue weighted by Gasteiger charge is 2.34. The molecule has 0 unspecified atom stereocenters. The smallest absolute Gasteiger partial charge is 0.363 e. The Balaban J connectivity index is 2.40. The van der Waals surface area contributed by atoms with Gasteiger partial charge in [0.05, 0.1) is 13.2 Å². The lowest BCUT2D eigenvalue weighted by Gasteiger charge is -2.07. The summed E-state index contributed by atoms with van der Waals surface area (Å²) in [4.78, 5) is 21.8. The number of hydrogen-bond acceptors (Lipinski definition) is 5. The van der Waals surface area contributed by atoms with Gasteiger partial charge in [0.25, 0.3) is 6.29 Å². The molecular formula is C8H12O5. The minimum atomic E-state index is -1.03. The van der Waals surface area contributed by atoms with Gasteiger partial charge in [-0.1, -0.05) is 0 Å². The number of hydrogen-bond donors (Lipinski definition) is 0. The number of Topliss-reactive ketones (excluding diaryl/α,β-unsaturated/α-hetero) is 1. The van der Waals surface area contributed by atoms with Crippen molar-refractivity contribution in [3.63, 3.8) is 0 Å². The van der Waals surface area contributed by atoms with Crippen molar-refractivity contribution >= 4 is 11.8 Å². The number of rotatable bonds is 3. The maximum atomic E-state index is 11.0. The molecule has 0 aliphatic carbocycles. The van der Waals surface area contributed by atoms with Gasteiger partial charge in [0.15, 0.2) is 5.78 Å². The lowest BCUT2D eigenvalue weighted by atomic mass is 10.3. The summed E-state index contributed by atoms with van der Waals surface area (Å²) in [6.45, 7) is 3.47. The summed E-state index contributed by atoms with van der Waals surface area (Å²) in [7, 11) is 0. The van der Waals surface area contributed by atoms with Crippen molar-refractivity contribution < 1.29 is 23.8 Å². The molecule has 1 aliphatic rings. The normalized spacial score (nSPS) is 27.2. The van der Waals surface area contributed by atoms with E-state index in [-0.39, 0.29) is 19.0 Å². The van der Waals surface area contributed by atoms with Crippen LogP contribution in [0.2, 0.25) is 0 Å². The van der Waals surface area contributed by atoms with Gasteiger partial charge in [-0.2, -0.15) is 0 Å². The molecule has 1 aliphatic heterocycles. The predicted molar refractivity (Wildman–Crippen MR) is 41.9 cm³/mol. The Bertz CT molecular complexity index is 213. The number of carbonyl (C=O) groups is 2. The highest BCUT2D eigenvalue weighted by Crippen LogP contribution is 2.13. The highest BCUT2D eigenvalue weighted by atomic mass is 16.7.